The summed E-state index contributed by atoms with van der Waals surface area (Å²) in [5.74, 6) is -0.724. The Labute approximate surface area is 122 Å². The van der Waals surface area contributed by atoms with Crippen molar-refractivity contribution >= 4 is 23.5 Å². The van der Waals surface area contributed by atoms with Crippen LogP contribution in [0.5, 0.6) is 0 Å². The fourth-order valence-electron chi connectivity index (χ4n) is 1.99. The van der Waals surface area contributed by atoms with Gasteiger partial charge in [0.15, 0.2) is 0 Å². The van der Waals surface area contributed by atoms with Gasteiger partial charge in [-0.25, -0.2) is 4.79 Å². The van der Waals surface area contributed by atoms with Crippen LogP contribution in [0.25, 0.3) is 0 Å². The highest BCUT2D eigenvalue weighted by Crippen LogP contribution is 2.09. The van der Waals surface area contributed by atoms with Crippen LogP contribution in [0.15, 0.2) is 30.3 Å². The smallest absolute Gasteiger partial charge is 0.325 e. The van der Waals surface area contributed by atoms with Gasteiger partial charge in [-0.05, 0) is 12.1 Å². The lowest BCUT2D eigenvalue weighted by Crippen LogP contribution is -2.42. The molecule has 0 aromatic heterocycles. The first-order valence-electron chi connectivity index (χ1n) is 6.69. The number of rotatable bonds is 6. The second-order valence-corrected chi connectivity index (χ2v) is 4.75. The van der Waals surface area contributed by atoms with Crippen LogP contribution < -0.4 is 15.5 Å². The molecule has 0 aliphatic carbocycles. The van der Waals surface area contributed by atoms with Gasteiger partial charge in [0.25, 0.3) is 5.91 Å². The average Bonchev–Trinajstić information content (AvgIpc) is 2.80. The Kier molecular flexibility index (Phi) is 4.76. The number of nitrogens with zero attached hydrogens (tertiary/aromatic N) is 2. The van der Waals surface area contributed by atoms with E-state index in [4.69, 9.17) is 0 Å². The molecule has 0 saturated carbocycles. The van der Waals surface area contributed by atoms with Crippen LogP contribution in [0.1, 0.15) is 0 Å². The first-order chi connectivity index (χ1) is 10.1. The van der Waals surface area contributed by atoms with Crippen LogP contribution >= 0.6 is 0 Å². The van der Waals surface area contributed by atoms with Crippen molar-refractivity contribution in [1.29, 1.82) is 0 Å². The van der Waals surface area contributed by atoms with Gasteiger partial charge < -0.3 is 15.5 Å². The number of carbonyl (C=O) groups is 3. The molecule has 7 nitrogen and oxygen atoms in total. The van der Waals surface area contributed by atoms with Crippen molar-refractivity contribution in [2.75, 3.05) is 38.1 Å². The monoisotopic (exact) mass is 290 g/mol. The zero-order valence-corrected chi connectivity index (χ0v) is 11.8. The molecule has 0 radical (unpaired) electrons. The fraction of sp³-hybridized carbons (Fsp3) is 0.357. The Morgan fingerprint density at radius 1 is 1.33 bits per heavy atom. The molecule has 1 aromatic rings. The van der Waals surface area contributed by atoms with Gasteiger partial charge in [0.1, 0.15) is 6.54 Å². The molecule has 1 aliphatic heterocycles. The van der Waals surface area contributed by atoms with Crippen molar-refractivity contribution in [2.45, 2.75) is 0 Å². The summed E-state index contributed by atoms with van der Waals surface area (Å²) in [5, 5.41) is 5.07. The number of hydrogen-bond donors (Lipinski definition) is 2. The molecule has 1 aromatic carbocycles. The molecule has 1 fully saturated rings. The number of carbonyl (C=O) groups excluding carboxylic acids is 3. The second-order valence-electron chi connectivity index (χ2n) is 4.75. The normalized spacial score (nSPS) is 14.0. The van der Waals surface area contributed by atoms with Gasteiger partial charge in [-0.1, -0.05) is 18.2 Å². The maximum absolute atomic E-state index is 11.7. The number of anilines is 1. The summed E-state index contributed by atoms with van der Waals surface area (Å²) in [4.78, 5) is 37.3. The fourth-order valence-corrected chi connectivity index (χ4v) is 1.99. The summed E-state index contributed by atoms with van der Waals surface area (Å²) in [7, 11) is 1.93. The quantitative estimate of drug-likeness (QED) is 0.710. The molecule has 2 N–H and O–H groups in total. The van der Waals surface area contributed by atoms with Crippen LogP contribution in [0.3, 0.4) is 0 Å². The van der Waals surface area contributed by atoms with E-state index in [1.54, 1.807) is 0 Å². The van der Waals surface area contributed by atoms with Crippen molar-refractivity contribution in [3.05, 3.63) is 30.3 Å². The third-order valence-electron chi connectivity index (χ3n) is 3.21. The lowest BCUT2D eigenvalue weighted by atomic mass is 10.3. The van der Waals surface area contributed by atoms with Crippen molar-refractivity contribution in [2.24, 2.45) is 0 Å². The number of nitrogens with one attached hydrogen (secondary N) is 2. The Morgan fingerprint density at radius 3 is 2.67 bits per heavy atom. The van der Waals surface area contributed by atoms with Crippen molar-refractivity contribution in [1.82, 2.24) is 15.5 Å². The van der Waals surface area contributed by atoms with Gasteiger partial charge in [-0.3, -0.25) is 14.5 Å². The molecule has 0 spiro atoms. The van der Waals surface area contributed by atoms with Crippen LogP contribution in [0, 0.1) is 0 Å². The largest absolute Gasteiger partial charge is 0.373 e. The molecule has 1 heterocycles. The summed E-state index contributed by atoms with van der Waals surface area (Å²) >= 11 is 0. The minimum absolute atomic E-state index is 0.0388. The maximum atomic E-state index is 11.7. The topological polar surface area (TPSA) is 81.8 Å². The number of benzene rings is 1. The summed E-state index contributed by atoms with van der Waals surface area (Å²) in [5.41, 5.74) is 1.06. The summed E-state index contributed by atoms with van der Waals surface area (Å²) in [6, 6.07) is 9.28. The van der Waals surface area contributed by atoms with Gasteiger partial charge in [0, 0.05) is 25.8 Å². The van der Waals surface area contributed by atoms with E-state index in [1.807, 2.05) is 42.3 Å². The third-order valence-corrected chi connectivity index (χ3v) is 3.21. The lowest BCUT2D eigenvalue weighted by Gasteiger charge is -2.19. The van der Waals surface area contributed by atoms with Crippen LogP contribution in [0.2, 0.25) is 0 Å². The minimum atomic E-state index is -0.517. The first kappa shape index (κ1) is 14.8. The lowest BCUT2D eigenvalue weighted by molar-refractivity contribution is -0.130. The van der Waals surface area contributed by atoms with Gasteiger partial charge in [0.05, 0.1) is 6.54 Å². The highest BCUT2D eigenvalue weighted by molar-refractivity contribution is 6.04. The first-order valence-corrected chi connectivity index (χ1v) is 6.69. The Bertz CT molecular complexity index is 516. The molecular weight excluding hydrogens is 272 g/mol. The van der Waals surface area contributed by atoms with Gasteiger partial charge in [-0.15, -0.1) is 0 Å². The molecule has 0 unspecified atom stereocenters. The van der Waals surface area contributed by atoms with Crippen molar-refractivity contribution < 1.29 is 14.4 Å². The molecule has 2 rings (SSSR count). The van der Waals surface area contributed by atoms with Crippen LogP contribution in [-0.4, -0.2) is 56.0 Å². The van der Waals surface area contributed by atoms with E-state index >= 15 is 0 Å². The number of amides is 4. The third kappa shape index (κ3) is 3.95. The van der Waals surface area contributed by atoms with E-state index in [0.717, 1.165) is 10.6 Å². The minimum Gasteiger partial charge on any atom is -0.373 e. The van der Waals surface area contributed by atoms with Gasteiger partial charge in [0.2, 0.25) is 5.91 Å². The zero-order chi connectivity index (χ0) is 15.2. The molecule has 7 heteroatoms. The Balaban J connectivity index is 1.72. The standard InChI is InChI=1S/C14H18N4O3/c1-17(11-5-3-2-4-6-11)8-7-15-12(19)10-18-13(20)9-16-14(18)21/h2-6H,7-10H2,1H3,(H,15,19)(H,16,21). The van der Waals surface area contributed by atoms with E-state index in [0.29, 0.717) is 13.1 Å². The second kappa shape index (κ2) is 6.74. The summed E-state index contributed by atoms with van der Waals surface area (Å²) < 4.78 is 0. The Morgan fingerprint density at radius 2 is 2.05 bits per heavy atom. The molecule has 1 aliphatic rings. The van der Waals surface area contributed by atoms with Gasteiger partial charge in [-0.2, -0.15) is 0 Å². The molecule has 21 heavy (non-hydrogen) atoms. The van der Waals surface area contributed by atoms with Crippen molar-refractivity contribution in [3.8, 4) is 0 Å². The van der Waals surface area contributed by atoms with E-state index in [9.17, 15) is 14.4 Å². The number of urea groups is 1. The average molecular weight is 290 g/mol. The molecule has 4 amide bonds. The summed E-state index contributed by atoms with van der Waals surface area (Å²) in [6.45, 7) is 0.798. The summed E-state index contributed by atoms with van der Waals surface area (Å²) in [6.07, 6.45) is 0. The molecular formula is C14H18N4O3. The highest BCUT2D eigenvalue weighted by Gasteiger charge is 2.29. The number of hydrogen-bond acceptors (Lipinski definition) is 4. The Hall–Kier alpha value is -2.57. The maximum Gasteiger partial charge on any atom is 0.325 e. The molecule has 0 bridgehead atoms. The van der Waals surface area contributed by atoms with Gasteiger partial charge >= 0.3 is 6.03 Å². The SMILES string of the molecule is CN(CCNC(=O)CN1C(=O)CNC1=O)c1ccccc1. The molecule has 0 atom stereocenters. The zero-order valence-electron chi connectivity index (χ0n) is 11.8. The predicted octanol–water partition coefficient (Wildman–Crippen LogP) is -0.209. The van der Waals surface area contributed by atoms with Crippen LogP contribution in [0.4, 0.5) is 10.5 Å². The number of likely N-dealkylation sites (N-methyl/N-ethyl adjacent to an activating group) is 1. The highest BCUT2D eigenvalue weighted by atomic mass is 16.2. The van der Waals surface area contributed by atoms with E-state index in [1.165, 1.54) is 0 Å². The molecule has 1 saturated heterocycles. The van der Waals surface area contributed by atoms with E-state index in [2.05, 4.69) is 10.6 Å². The van der Waals surface area contributed by atoms with E-state index < -0.39 is 6.03 Å². The molecule has 112 valence electrons. The van der Waals surface area contributed by atoms with Crippen LogP contribution in [-0.2, 0) is 9.59 Å². The number of para-hydroxylation sites is 1. The predicted molar refractivity (Wildman–Crippen MR) is 77.8 cm³/mol. The van der Waals surface area contributed by atoms with E-state index in [-0.39, 0.29) is 24.9 Å². The van der Waals surface area contributed by atoms with Crippen molar-refractivity contribution in [3.63, 3.8) is 0 Å². The number of imide groups is 1.